The minimum absolute atomic E-state index is 0.0297. The number of amides is 2. The Morgan fingerprint density at radius 3 is 2.39 bits per heavy atom. The predicted molar refractivity (Wildman–Crippen MR) is 110 cm³/mol. The lowest BCUT2D eigenvalue weighted by molar-refractivity contribution is -0.137. The van der Waals surface area contributed by atoms with Crippen LogP contribution in [0.4, 0.5) is 18.9 Å². The first kappa shape index (κ1) is 20.7. The van der Waals surface area contributed by atoms with Crippen LogP contribution in [-0.2, 0) is 23.9 Å². The van der Waals surface area contributed by atoms with Gasteiger partial charge in [-0.25, -0.2) is 0 Å². The minimum atomic E-state index is -4.52. The van der Waals surface area contributed by atoms with Gasteiger partial charge in [-0.15, -0.1) is 0 Å². The largest absolute Gasteiger partial charge is 0.416 e. The standard InChI is InChI=1S/C24H19F3N2O2/c25-24(26,27)18-10-6-11-19(14-18)28-22(30)21(13-16-7-2-1-3-8-16)29-15-17-9-4-5-12-20(17)23(29)31/h1-12,14,21H,13,15H2,(H,28,30)/t21-/m0/s1. The number of carbonyl (C=O) groups excluding carboxylic acids is 2. The Hall–Kier alpha value is -3.61. The van der Waals surface area contributed by atoms with Gasteiger partial charge in [0.1, 0.15) is 6.04 Å². The third-order valence-corrected chi connectivity index (χ3v) is 5.26. The van der Waals surface area contributed by atoms with E-state index in [0.717, 1.165) is 23.3 Å². The van der Waals surface area contributed by atoms with Crippen LogP contribution in [0, 0.1) is 0 Å². The number of carbonyl (C=O) groups is 2. The topological polar surface area (TPSA) is 49.4 Å². The molecule has 0 aromatic heterocycles. The second-order valence-electron chi connectivity index (χ2n) is 7.36. The first-order valence-corrected chi connectivity index (χ1v) is 9.74. The number of hydrogen-bond acceptors (Lipinski definition) is 2. The summed E-state index contributed by atoms with van der Waals surface area (Å²) in [6, 6.07) is 19.9. The summed E-state index contributed by atoms with van der Waals surface area (Å²) in [5.41, 5.74) is 1.37. The van der Waals surface area contributed by atoms with Gasteiger partial charge >= 0.3 is 6.18 Å². The summed E-state index contributed by atoms with van der Waals surface area (Å²) in [5.74, 6) is -0.806. The van der Waals surface area contributed by atoms with E-state index in [9.17, 15) is 22.8 Å². The van der Waals surface area contributed by atoms with Crippen LogP contribution in [0.5, 0.6) is 0 Å². The van der Waals surface area contributed by atoms with Crippen molar-refractivity contribution in [1.82, 2.24) is 4.90 Å². The molecule has 0 radical (unpaired) electrons. The summed E-state index contributed by atoms with van der Waals surface area (Å²) in [4.78, 5) is 27.6. The Morgan fingerprint density at radius 2 is 1.68 bits per heavy atom. The molecule has 1 aliphatic rings. The van der Waals surface area contributed by atoms with E-state index >= 15 is 0 Å². The van der Waals surface area contributed by atoms with Gasteiger partial charge in [-0.05, 0) is 35.4 Å². The molecule has 4 rings (SSSR count). The SMILES string of the molecule is O=C(Nc1cccc(C(F)(F)F)c1)[C@H](Cc1ccccc1)N1Cc2ccccc2C1=O. The van der Waals surface area contributed by atoms with Crippen LogP contribution in [0.2, 0.25) is 0 Å². The summed E-state index contributed by atoms with van der Waals surface area (Å²) < 4.78 is 39.1. The second-order valence-corrected chi connectivity index (χ2v) is 7.36. The molecule has 0 unspecified atom stereocenters. The maximum Gasteiger partial charge on any atom is 0.416 e. The van der Waals surface area contributed by atoms with Crippen molar-refractivity contribution in [2.45, 2.75) is 25.2 Å². The average molecular weight is 424 g/mol. The van der Waals surface area contributed by atoms with E-state index in [1.165, 1.54) is 17.0 Å². The molecule has 7 heteroatoms. The van der Waals surface area contributed by atoms with E-state index in [4.69, 9.17) is 0 Å². The van der Waals surface area contributed by atoms with Crippen molar-refractivity contribution < 1.29 is 22.8 Å². The normalized spacial score (nSPS) is 14.3. The van der Waals surface area contributed by atoms with E-state index in [1.54, 1.807) is 12.1 Å². The first-order chi connectivity index (χ1) is 14.8. The first-order valence-electron chi connectivity index (χ1n) is 9.74. The highest BCUT2D eigenvalue weighted by Crippen LogP contribution is 2.31. The number of anilines is 1. The quantitative estimate of drug-likeness (QED) is 0.633. The van der Waals surface area contributed by atoms with Crippen molar-refractivity contribution >= 4 is 17.5 Å². The van der Waals surface area contributed by atoms with Crippen LogP contribution in [0.1, 0.15) is 27.0 Å². The van der Waals surface area contributed by atoms with Gasteiger partial charge in [0.2, 0.25) is 5.91 Å². The highest BCUT2D eigenvalue weighted by molar-refractivity contribution is 6.03. The Bertz CT molecular complexity index is 1110. The van der Waals surface area contributed by atoms with Crippen LogP contribution in [0.25, 0.3) is 0 Å². The molecule has 158 valence electrons. The zero-order chi connectivity index (χ0) is 22.0. The molecule has 0 saturated carbocycles. The molecule has 1 aliphatic heterocycles. The number of fused-ring (bicyclic) bond motifs is 1. The van der Waals surface area contributed by atoms with Crippen LogP contribution in [-0.4, -0.2) is 22.8 Å². The van der Waals surface area contributed by atoms with Crippen LogP contribution in [0.15, 0.2) is 78.9 Å². The lowest BCUT2D eigenvalue weighted by Gasteiger charge is -2.27. The number of hydrogen-bond donors (Lipinski definition) is 1. The molecular weight excluding hydrogens is 405 g/mol. The fourth-order valence-electron chi connectivity index (χ4n) is 3.71. The third-order valence-electron chi connectivity index (χ3n) is 5.26. The second kappa shape index (κ2) is 8.26. The molecule has 2 amide bonds. The van der Waals surface area contributed by atoms with Crippen LogP contribution in [0.3, 0.4) is 0 Å². The zero-order valence-corrected chi connectivity index (χ0v) is 16.4. The molecule has 1 N–H and O–H groups in total. The smallest absolute Gasteiger partial charge is 0.324 e. The van der Waals surface area contributed by atoms with E-state index < -0.39 is 23.7 Å². The summed E-state index contributed by atoms with van der Waals surface area (Å²) in [5, 5.41) is 2.57. The number of nitrogens with one attached hydrogen (secondary N) is 1. The zero-order valence-electron chi connectivity index (χ0n) is 16.4. The van der Waals surface area contributed by atoms with Crippen molar-refractivity contribution in [3.05, 3.63) is 101 Å². The highest BCUT2D eigenvalue weighted by Gasteiger charge is 2.36. The van der Waals surface area contributed by atoms with Gasteiger partial charge in [0.15, 0.2) is 0 Å². The van der Waals surface area contributed by atoms with Crippen molar-refractivity contribution in [2.24, 2.45) is 0 Å². The van der Waals surface area contributed by atoms with E-state index in [1.807, 2.05) is 42.5 Å². The van der Waals surface area contributed by atoms with Crippen LogP contribution >= 0.6 is 0 Å². The summed E-state index contributed by atoms with van der Waals surface area (Å²) in [6.07, 6.45) is -4.28. The molecule has 3 aromatic carbocycles. The summed E-state index contributed by atoms with van der Waals surface area (Å²) in [7, 11) is 0. The number of rotatable bonds is 5. The maximum atomic E-state index is 13.2. The molecule has 4 nitrogen and oxygen atoms in total. The fourth-order valence-corrected chi connectivity index (χ4v) is 3.71. The van der Waals surface area contributed by atoms with Crippen molar-refractivity contribution in [3.8, 4) is 0 Å². The number of alkyl halides is 3. The monoisotopic (exact) mass is 424 g/mol. The molecule has 1 atom stereocenters. The average Bonchev–Trinajstić information content (AvgIpc) is 3.09. The van der Waals surface area contributed by atoms with Gasteiger partial charge in [-0.2, -0.15) is 13.2 Å². The third kappa shape index (κ3) is 4.45. The van der Waals surface area contributed by atoms with Crippen molar-refractivity contribution in [2.75, 3.05) is 5.32 Å². The number of benzene rings is 3. The Labute approximate surface area is 177 Å². The molecule has 3 aromatic rings. The fraction of sp³-hybridized carbons (Fsp3) is 0.167. The molecule has 0 bridgehead atoms. The van der Waals surface area contributed by atoms with Gasteiger partial charge in [0.25, 0.3) is 5.91 Å². The van der Waals surface area contributed by atoms with Crippen LogP contribution < -0.4 is 5.32 Å². The van der Waals surface area contributed by atoms with Crippen molar-refractivity contribution in [1.29, 1.82) is 0 Å². The van der Waals surface area contributed by atoms with Gasteiger partial charge in [-0.3, -0.25) is 9.59 Å². The van der Waals surface area contributed by atoms with E-state index in [0.29, 0.717) is 5.56 Å². The molecule has 0 fully saturated rings. The highest BCUT2D eigenvalue weighted by atomic mass is 19.4. The Balaban J connectivity index is 1.62. The lowest BCUT2D eigenvalue weighted by atomic mass is 10.0. The summed E-state index contributed by atoms with van der Waals surface area (Å²) >= 11 is 0. The van der Waals surface area contributed by atoms with E-state index in [-0.39, 0.29) is 24.6 Å². The Kier molecular flexibility index (Phi) is 5.50. The molecule has 0 aliphatic carbocycles. The van der Waals surface area contributed by atoms with E-state index in [2.05, 4.69) is 5.32 Å². The van der Waals surface area contributed by atoms with Crippen molar-refractivity contribution in [3.63, 3.8) is 0 Å². The van der Waals surface area contributed by atoms with Gasteiger partial charge < -0.3 is 10.2 Å². The Morgan fingerprint density at radius 1 is 0.968 bits per heavy atom. The lowest BCUT2D eigenvalue weighted by Crippen LogP contribution is -2.45. The molecule has 31 heavy (non-hydrogen) atoms. The predicted octanol–water partition coefficient (Wildman–Crippen LogP) is 4.91. The molecule has 0 spiro atoms. The summed E-state index contributed by atoms with van der Waals surface area (Å²) in [6.45, 7) is 0.266. The van der Waals surface area contributed by atoms with Gasteiger partial charge in [0.05, 0.1) is 5.56 Å². The van der Waals surface area contributed by atoms with Gasteiger partial charge in [-0.1, -0.05) is 54.6 Å². The number of halogens is 3. The maximum absolute atomic E-state index is 13.2. The minimum Gasteiger partial charge on any atom is -0.324 e. The van der Waals surface area contributed by atoms with Gasteiger partial charge in [0, 0.05) is 24.2 Å². The molecule has 1 heterocycles. The number of nitrogens with zero attached hydrogens (tertiary/aromatic N) is 1. The molecule has 0 saturated heterocycles. The molecular formula is C24H19F3N2O2.